The molecule has 2 heterocycles. The van der Waals surface area contributed by atoms with Gasteiger partial charge < -0.3 is 5.32 Å². The van der Waals surface area contributed by atoms with Crippen LogP contribution in [0.3, 0.4) is 0 Å². The topological polar surface area (TPSA) is 33.1 Å². The van der Waals surface area contributed by atoms with E-state index in [9.17, 15) is 0 Å². The van der Waals surface area contributed by atoms with Crippen LogP contribution in [0.5, 0.6) is 0 Å². The minimum atomic E-state index is 0.670. The van der Waals surface area contributed by atoms with Crippen molar-refractivity contribution < 1.29 is 0 Å². The van der Waals surface area contributed by atoms with Gasteiger partial charge in [0.25, 0.3) is 0 Å². The Kier molecular flexibility index (Phi) is 5.40. The van der Waals surface area contributed by atoms with Gasteiger partial charge in [-0.3, -0.25) is 9.58 Å². The third-order valence-electron chi connectivity index (χ3n) is 4.16. The molecule has 1 saturated heterocycles. The molecular formula is C15H28N4. The zero-order valence-electron chi connectivity index (χ0n) is 12.6. The molecule has 0 saturated carbocycles. The summed E-state index contributed by atoms with van der Waals surface area (Å²) in [5.41, 5.74) is 1.35. The standard InChI is InChI=1S/C15H28N4/c1-4-5-15-12-19(13(2)6-8-16-15)9-7-14-10-17-18(3)11-14/h10-11,13,15-16H,4-9,12H2,1-3H3. The molecule has 0 bridgehead atoms. The molecule has 1 N–H and O–H groups in total. The van der Waals surface area contributed by atoms with E-state index in [0.717, 1.165) is 19.5 Å². The Balaban J connectivity index is 1.88. The molecule has 0 spiro atoms. The van der Waals surface area contributed by atoms with Crippen molar-refractivity contribution in [2.45, 2.75) is 51.6 Å². The van der Waals surface area contributed by atoms with Crippen LogP contribution in [0.25, 0.3) is 0 Å². The first-order valence-electron chi connectivity index (χ1n) is 7.64. The van der Waals surface area contributed by atoms with Gasteiger partial charge in [0.2, 0.25) is 0 Å². The minimum Gasteiger partial charge on any atom is -0.313 e. The molecule has 108 valence electrons. The molecule has 19 heavy (non-hydrogen) atoms. The number of rotatable bonds is 5. The van der Waals surface area contributed by atoms with Gasteiger partial charge in [0.15, 0.2) is 0 Å². The number of hydrogen-bond acceptors (Lipinski definition) is 3. The highest BCUT2D eigenvalue weighted by molar-refractivity contribution is 5.04. The molecule has 1 aromatic rings. The van der Waals surface area contributed by atoms with Crippen molar-refractivity contribution in [1.82, 2.24) is 20.0 Å². The predicted octanol–water partition coefficient (Wildman–Crippen LogP) is 1.82. The average molecular weight is 264 g/mol. The lowest BCUT2D eigenvalue weighted by Crippen LogP contribution is -2.41. The Morgan fingerprint density at radius 1 is 1.47 bits per heavy atom. The molecule has 0 aliphatic carbocycles. The summed E-state index contributed by atoms with van der Waals surface area (Å²) >= 11 is 0. The Morgan fingerprint density at radius 3 is 3.00 bits per heavy atom. The molecule has 4 heteroatoms. The Labute approximate surface area is 117 Å². The van der Waals surface area contributed by atoms with Crippen molar-refractivity contribution in [3.63, 3.8) is 0 Å². The average Bonchev–Trinajstić information content (AvgIpc) is 2.71. The largest absolute Gasteiger partial charge is 0.313 e. The smallest absolute Gasteiger partial charge is 0.0522 e. The molecule has 0 amide bonds. The summed E-state index contributed by atoms with van der Waals surface area (Å²) in [4.78, 5) is 2.65. The van der Waals surface area contributed by atoms with Gasteiger partial charge in [-0.1, -0.05) is 13.3 Å². The summed E-state index contributed by atoms with van der Waals surface area (Å²) in [5.74, 6) is 0. The number of hydrogen-bond donors (Lipinski definition) is 1. The van der Waals surface area contributed by atoms with Gasteiger partial charge in [-0.05, 0) is 38.3 Å². The summed E-state index contributed by atoms with van der Waals surface area (Å²) in [6, 6.07) is 1.36. The lowest BCUT2D eigenvalue weighted by molar-refractivity contribution is 0.204. The van der Waals surface area contributed by atoms with Gasteiger partial charge >= 0.3 is 0 Å². The fourth-order valence-corrected chi connectivity index (χ4v) is 2.93. The van der Waals surface area contributed by atoms with E-state index in [-0.39, 0.29) is 0 Å². The first-order valence-corrected chi connectivity index (χ1v) is 7.64. The fraction of sp³-hybridized carbons (Fsp3) is 0.800. The third kappa shape index (κ3) is 4.32. The monoisotopic (exact) mass is 264 g/mol. The van der Waals surface area contributed by atoms with Crippen molar-refractivity contribution >= 4 is 0 Å². The van der Waals surface area contributed by atoms with E-state index in [4.69, 9.17) is 0 Å². The van der Waals surface area contributed by atoms with Gasteiger partial charge in [-0.15, -0.1) is 0 Å². The predicted molar refractivity (Wildman–Crippen MR) is 79.3 cm³/mol. The van der Waals surface area contributed by atoms with Crippen LogP contribution in [0.15, 0.2) is 12.4 Å². The van der Waals surface area contributed by atoms with E-state index in [2.05, 4.69) is 35.4 Å². The lowest BCUT2D eigenvalue weighted by Gasteiger charge is -2.28. The van der Waals surface area contributed by atoms with Crippen molar-refractivity contribution in [2.75, 3.05) is 19.6 Å². The molecule has 4 nitrogen and oxygen atoms in total. The van der Waals surface area contributed by atoms with Gasteiger partial charge in [-0.2, -0.15) is 5.10 Å². The normalized spacial score (nSPS) is 25.4. The van der Waals surface area contributed by atoms with E-state index < -0.39 is 0 Å². The molecule has 2 rings (SSSR count). The molecule has 2 unspecified atom stereocenters. The zero-order chi connectivity index (χ0) is 13.7. The maximum absolute atomic E-state index is 4.25. The van der Waals surface area contributed by atoms with Crippen molar-refractivity contribution in [3.8, 4) is 0 Å². The second kappa shape index (κ2) is 7.06. The molecular weight excluding hydrogens is 236 g/mol. The molecule has 1 aliphatic heterocycles. The second-order valence-electron chi connectivity index (χ2n) is 5.84. The van der Waals surface area contributed by atoms with E-state index in [1.54, 1.807) is 0 Å². The molecule has 1 aromatic heterocycles. The Morgan fingerprint density at radius 2 is 2.32 bits per heavy atom. The number of aromatic nitrogens is 2. The zero-order valence-corrected chi connectivity index (χ0v) is 12.6. The van der Waals surface area contributed by atoms with E-state index >= 15 is 0 Å². The minimum absolute atomic E-state index is 0.670. The highest BCUT2D eigenvalue weighted by atomic mass is 15.2. The van der Waals surface area contributed by atoms with Crippen molar-refractivity contribution in [1.29, 1.82) is 0 Å². The third-order valence-corrected chi connectivity index (χ3v) is 4.16. The summed E-state index contributed by atoms with van der Waals surface area (Å²) in [5, 5.41) is 7.94. The summed E-state index contributed by atoms with van der Waals surface area (Å²) in [6.45, 7) is 8.13. The van der Waals surface area contributed by atoms with E-state index in [1.807, 2.05) is 17.9 Å². The summed E-state index contributed by atoms with van der Waals surface area (Å²) < 4.78 is 1.89. The van der Waals surface area contributed by atoms with Crippen molar-refractivity contribution in [3.05, 3.63) is 18.0 Å². The quantitative estimate of drug-likeness (QED) is 0.880. The van der Waals surface area contributed by atoms with Crippen LogP contribution in [0.2, 0.25) is 0 Å². The molecule has 2 atom stereocenters. The van der Waals surface area contributed by atoms with Crippen LogP contribution in [0, 0.1) is 0 Å². The SMILES string of the molecule is CCCC1CN(CCc2cnn(C)c2)C(C)CCN1. The molecule has 1 fully saturated rings. The summed E-state index contributed by atoms with van der Waals surface area (Å²) in [6.07, 6.45) is 9.04. The molecule has 0 aromatic carbocycles. The Bertz CT molecular complexity index is 374. The first-order chi connectivity index (χ1) is 9.19. The first kappa shape index (κ1) is 14.5. The lowest BCUT2D eigenvalue weighted by atomic mass is 10.1. The van der Waals surface area contributed by atoms with Gasteiger partial charge in [0.1, 0.15) is 0 Å². The van der Waals surface area contributed by atoms with Crippen LogP contribution in [-0.4, -0.2) is 46.4 Å². The number of nitrogens with zero attached hydrogens (tertiary/aromatic N) is 3. The van der Waals surface area contributed by atoms with Gasteiger partial charge in [-0.25, -0.2) is 0 Å². The maximum atomic E-state index is 4.25. The summed E-state index contributed by atoms with van der Waals surface area (Å²) in [7, 11) is 1.99. The van der Waals surface area contributed by atoms with Crippen molar-refractivity contribution in [2.24, 2.45) is 7.05 Å². The van der Waals surface area contributed by atoms with Crippen LogP contribution in [0.1, 0.15) is 38.7 Å². The van der Waals surface area contributed by atoms with Crippen LogP contribution in [-0.2, 0) is 13.5 Å². The molecule has 0 radical (unpaired) electrons. The van der Waals surface area contributed by atoms with Crippen LogP contribution < -0.4 is 5.32 Å². The highest BCUT2D eigenvalue weighted by Gasteiger charge is 2.21. The second-order valence-corrected chi connectivity index (χ2v) is 5.84. The maximum Gasteiger partial charge on any atom is 0.0522 e. The van der Waals surface area contributed by atoms with Gasteiger partial charge in [0, 0.05) is 38.4 Å². The van der Waals surface area contributed by atoms with Crippen LogP contribution >= 0.6 is 0 Å². The van der Waals surface area contributed by atoms with E-state index in [0.29, 0.717) is 12.1 Å². The van der Waals surface area contributed by atoms with Crippen LogP contribution in [0.4, 0.5) is 0 Å². The fourth-order valence-electron chi connectivity index (χ4n) is 2.93. The van der Waals surface area contributed by atoms with E-state index in [1.165, 1.54) is 31.4 Å². The molecule has 1 aliphatic rings. The number of aryl methyl sites for hydroxylation is 1. The van der Waals surface area contributed by atoms with Gasteiger partial charge in [0.05, 0.1) is 6.20 Å². The highest BCUT2D eigenvalue weighted by Crippen LogP contribution is 2.13. The Hall–Kier alpha value is -0.870. The number of nitrogens with one attached hydrogen (secondary N) is 1.